The number of hydrogen-bond acceptors (Lipinski definition) is 4. The minimum atomic E-state index is 0. The standard InChI is InChI=1S/C13H21N3OS.2ClH/c1-2-13-16-10(8-18-13)7-15-12(17)6-9-4-3-5-11(9)14;;/h8-9,11H,2-7,14H2,1H3,(H,15,17);2*1H/t9-,11+;;/m0../s1. The van der Waals surface area contributed by atoms with Crippen molar-refractivity contribution >= 4 is 42.1 Å². The summed E-state index contributed by atoms with van der Waals surface area (Å²) in [5, 5.41) is 6.07. The zero-order valence-electron chi connectivity index (χ0n) is 11.6. The van der Waals surface area contributed by atoms with Gasteiger partial charge in [-0.05, 0) is 25.2 Å². The zero-order chi connectivity index (χ0) is 13.0. The van der Waals surface area contributed by atoms with Crippen molar-refractivity contribution in [2.24, 2.45) is 11.7 Å². The van der Waals surface area contributed by atoms with E-state index in [0.29, 0.717) is 18.9 Å². The van der Waals surface area contributed by atoms with Crippen LogP contribution in [0.4, 0.5) is 0 Å². The Morgan fingerprint density at radius 2 is 2.25 bits per heavy atom. The molecule has 1 heterocycles. The van der Waals surface area contributed by atoms with E-state index in [9.17, 15) is 4.79 Å². The largest absolute Gasteiger partial charge is 0.350 e. The minimum absolute atomic E-state index is 0. The van der Waals surface area contributed by atoms with Crippen LogP contribution in [0, 0.1) is 5.92 Å². The summed E-state index contributed by atoms with van der Waals surface area (Å²) in [6, 6.07) is 0.210. The first-order valence-corrected chi connectivity index (χ1v) is 7.52. The van der Waals surface area contributed by atoms with Crippen LogP contribution in [-0.2, 0) is 17.8 Å². The molecule has 4 nitrogen and oxygen atoms in total. The molecule has 1 aliphatic carbocycles. The number of nitrogens with one attached hydrogen (secondary N) is 1. The van der Waals surface area contributed by atoms with Gasteiger partial charge in [0, 0.05) is 17.8 Å². The summed E-state index contributed by atoms with van der Waals surface area (Å²) in [7, 11) is 0. The number of rotatable bonds is 5. The second-order valence-corrected chi connectivity index (χ2v) is 5.86. The van der Waals surface area contributed by atoms with Crippen LogP contribution in [0.15, 0.2) is 5.38 Å². The molecule has 0 spiro atoms. The highest BCUT2D eigenvalue weighted by Gasteiger charge is 2.25. The Hall–Kier alpha value is -0.360. The van der Waals surface area contributed by atoms with Crippen molar-refractivity contribution in [3.8, 4) is 0 Å². The summed E-state index contributed by atoms with van der Waals surface area (Å²) in [5.74, 6) is 0.468. The van der Waals surface area contributed by atoms with Gasteiger partial charge in [0.2, 0.25) is 5.91 Å². The van der Waals surface area contributed by atoms with Gasteiger partial charge in [0.05, 0.1) is 17.2 Å². The van der Waals surface area contributed by atoms with Gasteiger partial charge in [-0.1, -0.05) is 13.3 Å². The van der Waals surface area contributed by atoms with Gasteiger partial charge in [0.1, 0.15) is 0 Å². The number of carbonyl (C=O) groups is 1. The van der Waals surface area contributed by atoms with Crippen molar-refractivity contribution < 1.29 is 4.79 Å². The van der Waals surface area contributed by atoms with Gasteiger partial charge in [0.15, 0.2) is 0 Å². The van der Waals surface area contributed by atoms with Crippen LogP contribution in [0.1, 0.15) is 43.3 Å². The van der Waals surface area contributed by atoms with E-state index in [1.807, 2.05) is 5.38 Å². The molecule has 1 aromatic rings. The number of aromatic nitrogens is 1. The molecule has 0 aromatic carbocycles. The molecule has 3 N–H and O–H groups in total. The number of aryl methyl sites for hydroxylation is 1. The summed E-state index contributed by atoms with van der Waals surface area (Å²) < 4.78 is 0. The van der Waals surface area contributed by atoms with Crippen molar-refractivity contribution in [1.82, 2.24) is 10.3 Å². The van der Waals surface area contributed by atoms with E-state index in [0.717, 1.165) is 36.4 Å². The normalized spacial score (nSPS) is 20.9. The van der Waals surface area contributed by atoms with Gasteiger partial charge in [-0.15, -0.1) is 36.2 Å². The molecule has 7 heteroatoms. The molecular formula is C13H23Cl2N3OS. The maximum Gasteiger partial charge on any atom is 0.220 e. The molecule has 0 aliphatic heterocycles. The first-order chi connectivity index (χ1) is 8.69. The Labute approximate surface area is 136 Å². The number of hydrogen-bond donors (Lipinski definition) is 2. The lowest BCUT2D eigenvalue weighted by molar-refractivity contribution is -0.122. The summed E-state index contributed by atoms with van der Waals surface area (Å²) in [5.41, 5.74) is 6.92. The topological polar surface area (TPSA) is 68.0 Å². The van der Waals surface area contributed by atoms with Crippen molar-refractivity contribution in [1.29, 1.82) is 0 Å². The summed E-state index contributed by atoms with van der Waals surface area (Å²) in [6.45, 7) is 2.62. The molecule has 0 radical (unpaired) electrons. The zero-order valence-corrected chi connectivity index (χ0v) is 14.1. The number of nitrogens with zero attached hydrogens (tertiary/aromatic N) is 1. The maximum absolute atomic E-state index is 11.8. The number of amides is 1. The van der Waals surface area contributed by atoms with E-state index in [-0.39, 0.29) is 36.8 Å². The van der Waals surface area contributed by atoms with Crippen LogP contribution in [0.3, 0.4) is 0 Å². The molecule has 1 fully saturated rings. The fourth-order valence-electron chi connectivity index (χ4n) is 2.41. The first kappa shape index (κ1) is 19.6. The molecule has 2 atom stereocenters. The summed E-state index contributed by atoms with van der Waals surface area (Å²) in [6.07, 6.45) is 4.82. The van der Waals surface area contributed by atoms with Crippen LogP contribution in [-0.4, -0.2) is 16.9 Å². The van der Waals surface area contributed by atoms with Gasteiger partial charge in [-0.25, -0.2) is 4.98 Å². The van der Waals surface area contributed by atoms with Gasteiger partial charge in [-0.2, -0.15) is 0 Å². The second-order valence-electron chi connectivity index (χ2n) is 4.92. The fraction of sp³-hybridized carbons (Fsp3) is 0.692. The summed E-state index contributed by atoms with van der Waals surface area (Å²) in [4.78, 5) is 16.2. The lowest BCUT2D eigenvalue weighted by Crippen LogP contribution is -2.31. The number of nitrogens with two attached hydrogens (primary N) is 1. The smallest absolute Gasteiger partial charge is 0.220 e. The second kappa shape index (κ2) is 9.55. The predicted octanol–water partition coefficient (Wildman–Crippen LogP) is 2.68. The van der Waals surface area contributed by atoms with E-state index in [4.69, 9.17) is 5.73 Å². The molecule has 20 heavy (non-hydrogen) atoms. The van der Waals surface area contributed by atoms with Gasteiger partial charge >= 0.3 is 0 Å². The molecule has 1 saturated carbocycles. The molecule has 1 aliphatic rings. The molecule has 2 rings (SSSR count). The highest BCUT2D eigenvalue weighted by Crippen LogP contribution is 2.26. The first-order valence-electron chi connectivity index (χ1n) is 6.64. The monoisotopic (exact) mass is 339 g/mol. The van der Waals surface area contributed by atoms with Crippen LogP contribution >= 0.6 is 36.2 Å². The van der Waals surface area contributed by atoms with E-state index in [2.05, 4.69) is 17.2 Å². The van der Waals surface area contributed by atoms with Crippen LogP contribution < -0.4 is 11.1 Å². The van der Waals surface area contributed by atoms with E-state index >= 15 is 0 Å². The Kier molecular flexibility index (Phi) is 9.38. The SMILES string of the molecule is CCc1nc(CNC(=O)C[C@@H]2CCC[C@H]2N)cs1.Cl.Cl. The summed E-state index contributed by atoms with van der Waals surface area (Å²) >= 11 is 1.65. The Balaban J connectivity index is 0.00000180. The molecular weight excluding hydrogens is 317 g/mol. The Morgan fingerprint density at radius 1 is 1.50 bits per heavy atom. The van der Waals surface area contributed by atoms with Crippen molar-refractivity contribution in [3.63, 3.8) is 0 Å². The van der Waals surface area contributed by atoms with E-state index in [1.165, 1.54) is 0 Å². The number of halogens is 2. The van der Waals surface area contributed by atoms with Crippen molar-refractivity contribution in [2.75, 3.05) is 0 Å². The number of thiazole rings is 1. The average Bonchev–Trinajstić information content (AvgIpc) is 2.97. The predicted molar refractivity (Wildman–Crippen MR) is 87.8 cm³/mol. The average molecular weight is 340 g/mol. The molecule has 0 saturated heterocycles. The van der Waals surface area contributed by atoms with Crippen LogP contribution in [0.5, 0.6) is 0 Å². The van der Waals surface area contributed by atoms with Crippen molar-refractivity contribution in [2.45, 2.75) is 51.6 Å². The lowest BCUT2D eigenvalue weighted by atomic mass is 10.00. The lowest BCUT2D eigenvalue weighted by Gasteiger charge is -2.14. The Bertz CT molecular complexity index is 414. The molecule has 1 amide bonds. The highest BCUT2D eigenvalue weighted by molar-refractivity contribution is 7.09. The third kappa shape index (κ3) is 5.56. The molecule has 1 aromatic heterocycles. The minimum Gasteiger partial charge on any atom is -0.350 e. The quantitative estimate of drug-likeness (QED) is 0.866. The van der Waals surface area contributed by atoms with Crippen LogP contribution in [0.25, 0.3) is 0 Å². The number of carbonyl (C=O) groups excluding carboxylic acids is 1. The van der Waals surface area contributed by atoms with Gasteiger partial charge in [-0.3, -0.25) is 4.79 Å². The van der Waals surface area contributed by atoms with E-state index in [1.54, 1.807) is 11.3 Å². The van der Waals surface area contributed by atoms with E-state index < -0.39 is 0 Å². The maximum atomic E-state index is 11.8. The molecule has 0 bridgehead atoms. The third-order valence-corrected chi connectivity index (χ3v) is 4.58. The van der Waals surface area contributed by atoms with Crippen LogP contribution in [0.2, 0.25) is 0 Å². The third-order valence-electron chi connectivity index (χ3n) is 3.53. The highest BCUT2D eigenvalue weighted by atomic mass is 35.5. The molecule has 116 valence electrons. The van der Waals surface area contributed by atoms with Gasteiger partial charge < -0.3 is 11.1 Å². The van der Waals surface area contributed by atoms with Crippen molar-refractivity contribution in [3.05, 3.63) is 16.1 Å². The van der Waals surface area contributed by atoms with Gasteiger partial charge in [0.25, 0.3) is 0 Å². The Morgan fingerprint density at radius 3 is 2.80 bits per heavy atom. The molecule has 0 unspecified atom stereocenters. The fourth-order valence-corrected chi connectivity index (χ4v) is 3.16.